The van der Waals surface area contributed by atoms with Crippen molar-refractivity contribution in [2.24, 2.45) is 0 Å². The maximum Gasteiger partial charge on any atom is 0.0102 e. The van der Waals surface area contributed by atoms with Crippen LogP contribution in [0.1, 0.15) is 25.7 Å². The van der Waals surface area contributed by atoms with Crippen LogP contribution in [-0.4, -0.2) is 29.5 Å². The lowest BCUT2D eigenvalue weighted by Crippen LogP contribution is -2.40. The van der Waals surface area contributed by atoms with E-state index in [1.807, 2.05) is 0 Å². The van der Waals surface area contributed by atoms with Crippen molar-refractivity contribution in [3.8, 4) is 0 Å². The Bertz CT molecular complexity index is 128. The first kappa shape index (κ1) is 7.90. The Labute approximate surface area is 73.9 Å². The topological polar surface area (TPSA) is 15.3 Å². The van der Waals surface area contributed by atoms with Gasteiger partial charge in [-0.05, 0) is 25.7 Å². The molecule has 1 aliphatic carbocycles. The lowest BCUT2D eigenvalue weighted by atomic mass is 10.1. The van der Waals surface area contributed by atoms with E-state index in [1.165, 1.54) is 25.7 Å². The summed E-state index contributed by atoms with van der Waals surface area (Å²) in [5.41, 5.74) is 0. The van der Waals surface area contributed by atoms with Gasteiger partial charge in [0, 0.05) is 25.2 Å². The Balaban J connectivity index is 1.69. The van der Waals surface area contributed by atoms with E-state index < -0.39 is 0 Å². The minimum atomic E-state index is 0.783. The monoisotopic (exact) mass is 172 g/mol. The third-order valence-corrected chi connectivity index (χ3v) is 2.92. The molecule has 3 heteroatoms. The average Bonchev–Trinajstić information content (AvgIpc) is 2.78. The van der Waals surface area contributed by atoms with E-state index in [4.69, 9.17) is 0 Å². The standard InChI is InChI=1S/C8H16N2S/c11-10-5-3-8(4-6-10)9-7-1-2-7/h7-9,11H,1-6H2. The van der Waals surface area contributed by atoms with Crippen molar-refractivity contribution in [2.75, 3.05) is 13.1 Å². The molecule has 2 nitrogen and oxygen atoms in total. The number of piperidine rings is 1. The van der Waals surface area contributed by atoms with Gasteiger partial charge in [0.2, 0.25) is 0 Å². The molecule has 0 unspecified atom stereocenters. The van der Waals surface area contributed by atoms with E-state index in [0.717, 1.165) is 25.2 Å². The van der Waals surface area contributed by atoms with Crippen molar-refractivity contribution in [3.63, 3.8) is 0 Å². The van der Waals surface area contributed by atoms with Gasteiger partial charge in [-0.2, -0.15) is 0 Å². The molecule has 0 amide bonds. The van der Waals surface area contributed by atoms with Gasteiger partial charge < -0.3 is 5.32 Å². The molecule has 2 fully saturated rings. The molecule has 0 aromatic carbocycles. The molecule has 64 valence electrons. The van der Waals surface area contributed by atoms with E-state index in [0.29, 0.717) is 0 Å². The van der Waals surface area contributed by atoms with Crippen LogP contribution < -0.4 is 5.32 Å². The SMILES string of the molecule is SN1CCC(NC2CC2)CC1. The summed E-state index contributed by atoms with van der Waals surface area (Å²) in [5, 5.41) is 3.65. The second-order valence-electron chi connectivity index (χ2n) is 3.67. The van der Waals surface area contributed by atoms with Crippen LogP contribution >= 0.6 is 12.8 Å². The summed E-state index contributed by atoms with van der Waals surface area (Å²) >= 11 is 4.31. The normalized spacial score (nSPS) is 29.2. The van der Waals surface area contributed by atoms with Crippen LogP contribution in [0.2, 0.25) is 0 Å². The number of rotatable bonds is 2. The summed E-state index contributed by atoms with van der Waals surface area (Å²) in [4.78, 5) is 0. The molecule has 0 bridgehead atoms. The Morgan fingerprint density at radius 3 is 2.09 bits per heavy atom. The van der Waals surface area contributed by atoms with Crippen LogP contribution in [0.15, 0.2) is 0 Å². The highest BCUT2D eigenvalue weighted by Gasteiger charge is 2.26. The Morgan fingerprint density at radius 2 is 1.55 bits per heavy atom. The molecule has 1 saturated carbocycles. The van der Waals surface area contributed by atoms with Crippen LogP contribution in [0.5, 0.6) is 0 Å². The summed E-state index contributed by atoms with van der Waals surface area (Å²) in [7, 11) is 0. The maximum atomic E-state index is 4.31. The molecule has 0 aromatic heterocycles. The number of hydrogen-bond donors (Lipinski definition) is 2. The first-order valence-electron chi connectivity index (χ1n) is 4.54. The molecular formula is C8H16N2S. The van der Waals surface area contributed by atoms with Crippen LogP contribution in [0.25, 0.3) is 0 Å². The molecule has 1 heterocycles. The fourth-order valence-corrected chi connectivity index (χ4v) is 1.85. The van der Waals surface area contributed by atoms with Crippen molar-refractivity contribution in [1.29, 1.82) is 0 Å². The Morgan fingerprint density at radius 1 is 1.00 bits per heavy atom. The molecule has 0 atom stereocenters. The van der Waals surface area contributed by atoms with E-state index in [-0.39, 0.29) is 0 Å². The lowest BCUT2D eigenvalue weighted by Gasteiger charge is -2.28. The summed E-state index contributed by atoms with van der Waals surface area (Å²) in [6.45, 7) is 2.29. The summed E-state index contributed by atoms with van der Waals surface area (Å²) in [6.07, 6.45) is 5.36. The fourth-order valence-electron chi connectivity index (χ4n) is 1.62. The van der Waals surface area contributed by atoms with Crippen LogP contribution in [0.4, 0.5) is 0 Å². The van der Waals surface area contributed by atoms with Crippen LogP contribution in [0.3, 0.4) is 0 Å². The molecule has 2 aliphatic rings. The second-order valence-corrected chi connectivity index (χ2v) is 4.23. The van der Waals surface area contributed by atoms with E-state index in [1.54, 1.807) is 0 Å². The summed E-state index contributed by atoms with van der Waals surface area (Å²) in [6, 6.07) is 1.65. The molecule has 0 radical (unpaired) electrons. The van der Waals surface area contributed by atoms with E-state index in [2.05, 4.69) is 22.4 Å². The van der Waals surface area contributed by atoms with Gasteiger partial charge in [-0.3, -0.25) is 4.31 Å². The van der Waals surface area contributed by atoms with Gasteiger partial charge in [-0.25, -0.2) is 0 Å². The van der Waals surface area contributed by atoms with Crippen molar-refractivity contribution in [2.45, 2.75) is 37.8 Å². The molecule has 1 saturated heterocycles. The predicted molar refractivity (Wildman–Crippen MR) is 49.7 cm³/mol. The largest absolute Gasteiger partial charge is 0.311 e. The third kappa shape index (κ3) is 2.36. The molecule has 1 aliphatic heterocycles. The van der Waals surface area contributed by atoms with Crippen molar-refractivity contribution in [3.05, 3.63) is 0 Å². The molecule has 2 rings (SSSR count). The van der Waals surface area contributed by atoms with E-state index >= 15 is 0 Å². The summed E-state index contributed by atoms with van der Waals surface area (Å²) in [5.74, 6) is 0. The summed E-state index contributed by atoms with van der Waals surface area (Å²) < 4.78 is 2.12. The van der Waals surface area contributed by atoms with Gasteiger partial charge in [0.25, 0.3) is 0 Å². The number of nitrogens with zero attached hydrogens (tertiary/aromatic N) is 1. The van der Waals surface area contributed by atoms with Gasteiger partial charge in [0.15, 0.2) is 0 Å². The minimum Gasteiger partial charge on any atom is -0.311 e. The molecular weight excluding hydrogens is 156 g/mol. The van der Waals surface area contributed by atoms with Gasteiger partial charge in [0.05, 0.1) is 0 Å². The molecule has 0 spiro atoms. The van der Waals surface area contributed by atoms with Gasteiger partial charge in [-0.15, -0.1) is 0 Å². The molecule has 1 N–H and O–H groups in total. The highest BCUT2D eigenvalue weighted by atomic mass is 32.1. The highest BCUT2D eigenvalue weighted by molar-refractivity contribution is 7.77. The second kappa shape index (κ2) is 3.33. The number of hydrogen-bond acceptors (Lipinski definition) is 3. The number of thiol groups is 1. The van der Waals surface area contributed by atoms with Gasteiger partial charge in [0.1, 0.15) is 0 Å². The zero-order valence-electron chi connectivity index (χ0n) is 6.79. The minimum absolute atomic E-state index is 0.783. The lowest BCUT2D eigenvalue weighted by molar-refractivity contribution is 0.309. The Kier molecular flexibility index (Phi) is 2.39. The van der Waals surface area contributed by atoms with Crippen LogP contribution in [0, 0.1) is 0 Å². The highest BCUT2D eigenvalue weighted by Crippen LogP contribution is 2.22. The maximum absolute atomic E-state index is 4.31. The van der Waals surface area contributed by atoms with Crippen molar-refractivity contribution < 1.29 is 0 Å². The average molecular weight is 172 g/mol. The zero-order valence-corrected chi connectivity index (χ0v) is 7.69. The zero-order chi connectivity index (χ0) is 7.68. The molecule has 0 aromatic rings. The van der Waals surface area contributed by atoms with Crippen LogP contribution in [-0.2, 0) is 0 Å². The third-order valence-electron chi connectivity index (χ3n) is 2.52. The first-order valence-corrected chi connectivity index (χ1v) is 4.94. The smallest absolute Gasteiger partial charge is 0.0102 e. The quantitative estimate of drug-likeness (QED) is 0.605. The van der Waals surface area contributed by atoms with Crippen molar-refractivity contribution >= 4 is 12.8 Å². The Hall–Kier alpha value is 0.270. The number of nitrogens with one attached hydrogen (secondary N) is 1. The molecule has 11 heavy (non-hydrogen) atoms. The van der Waals surface area contributed by atoms with Gasteiger partial charge in [-0.1, -0.05) is 12.8 Å². The van der Waals surface area contributed by atoms with Gasteiger partial charge >= 0.3 is 0 Å². The predicted octanol–water partition coefficient (Wildman–Crippen LogP) is 1.05. The van der Waals surface area contributed by atoms with E-state index in [9.17, 15) is 0 Å². The van der Waals surface area contributed by atoms with Crippen molar-refractivity contribution in [1.82, 2.24) is 9.62 Å². The first-order chi connectivity index (χ1) is 5.34. The fraction of sp³-hybridized carbons (Fsp3) is 1.00.